The average Bonchev–Trinajstić information content (AvgIpc) is 2.67. The molecule has 0 bridgehead atoms. The summed E-state index contributed by atoms with van der Waals surface area (Å²) in [5.41, 5.74) is -0.0756. The van der Waals surface area contributed by atoms with Gasteiger partial charge >= 0.3 is 0 Å². The number of ketones is 1. The first-order valence-corrected chi connectivity index (χ1v) is 8.49. The van der Waals surface area contributed by atoms with Crippen molar-refractivity contribution in [1.82, 2.24) is 4.90 Å². The topological polar surface area (TPSA) is 29.5 Å². The van der Waals surface area contributed by atoms with Crippen molar-refractivity contribution in [3.05, 3.63) is 58.1 Å². The van der Waals surface area contributed by atoms with E-state index in [1.54, 1.807) is 18.2 Å². The molecule has 2 aromatic carbocycles. The molecule has 2 aromatic rings. The lowest BCUT2D eigenvalue weighted by Gasteiger charge is -2.39. The van der Waals surface area contributed by atoms with Crippen LogP contribution < -0.4 is 4.74 Å². The van der Waals surface area contributed by atoms with E-state index in [-0.39, 0.29) is 17.1 Å². The molecule has 0 aromatic heterocycles. The fourth-order valence-corrected chi connectivity index (χ4v) is 3.92. The minimum absolute atomic E-state index is 0.0447. The van der Waals surface area contributed by atoms with Gasteiger partial charge in [-0.05, 0) is 57.2 Å². The lowest BCUT2D eigenvalue weighted by atomic mass is 9.68. The number of piperidine rings is 1. The molecule has 130 valence electrons. The molecule has 0 saturated carbocycles. The first-order chi connectivity index (χ1) is 11.9. The number of hydrogen-bond acceptors (Lipinski definition) is 3. The predicted octanol–water partition coefficient (Wildman–Crippen LogP) is 4.57. The molecule has 2 heterocycles. The highest BCUT2D eigenvalue weighted by Gasteiger charge is 2.47. The minimum Gasteiger partial charge on any atom is -0.456 e. The van der Waals surface area contributed by atoms with Crippen LogP contribution in [0.3, 0.4) is 0 Å². The molecular weight excluding hydrogens is 348 g/mol. The van der Waals surface area contributed by atoms with Crippen molar-refractivity contribution in [3.63, 3.8) is 0 Å². The van der Waals surface area contributed by atoms with Crippen molar-refractivity contribution in [2.75, 3.05) is 20.1 Å². The highest BCUT2D eigenvalue weighted by molar-refractivity contribution is 6.30. The molecule has 0 amide bonds. The van der Waals surface area contributed by atoms with Crippen LogP contribution in [0.15, 0.2) is 30.3 Å². The van der Waals surface area contributed by atoms with Crippen LogP contribution in [0.4, 0.5) is 8.78 Å². The number of carbonyl (C=O) groups is 1. The monoisotopic (exact) mass is 363 g/mol. The summed E-state index contributed by atoms with van der Waals surface area (Å²) in [7, 11) is 1.99. The Labute approximate surface area is 149 Å². The van der Waals surface area contributed by atoms with Crippen molar-refractivity contribution < 1.29 is 18.3 Å². The lowest BCUT2D eigenvalue weighted by Crippen LogP contribution is -2.45. The third-order valence-corrected chi connectivity index (χ3v) is 5.45. The van der Waals surface area contributed by atoms with Gasteiger partial charge in [0.25, 0.3) is 0 Å². The van der Waals surface area contributed by atoms with Gasteiger partial charge in [0.1, 0.15) is 11.5 Å². The van der Waals surface area contributed by atoms with E-state index in [1.807, 2.05) is 7.05 Å². The Morgan fingerprint density at radius 2 is 1.76 bits per heavy atom. The van der Waals surface area contributed by atoms with E-state index in [2.05, 4.69) is 4.90 Å². The Hall–Kier alpha value is -1.98. The Balaban J connectivity index is 1.97. The van der Waals surface area contributed by atoms with Crippen LogP contribution in [0.2, 0.25) is 5.02 Å². The van der Waals surface area contributed by atoms with Crippen molar-refractivity contribution in [2.45, 2.75) is 18.3 Å². The third kappa shape index (κ3) is 2.53. The second-order valence-corrected chi connectivity index (χ2v) is 7.16. The molecule has 1 fully saturated rings. The second kappa shape index (κ2) is 5.78. The number of likely N-dealkylation sites (tertiary alicyclic amines) is 1. The maximum absolute atomic E-state index is 13.8. The first-order valence-electron chi connectivity index (χ1n) is 8.11. The van der Waals surface area contributed by atoms with E-state index in [9.17, 15) is 13.6 Å². The van der Waals surface area contributed by atoms with Gasteiger partial charge in [-0.3, -0.25) is 4.79 Å². The zero-order chi connectivity index (χ0) is 17.8. The van der Waals surface area contributed by atoms with Gasteiger partial charge in [-0.25, -0.2) is 8.78 Å². The van der Waals surface area contributed by atoms with E-state index >= 15 is 0 Å². The van der Waals surface area contributed by atoms with Gasteiger partial charge in [0.2, 0.25) is 0 Å². The molecule has 25 heavy (non-hydrogen) atoms. The van der Waals surface area contributed by atoms with Crippen LogP contribution in [0.25, 0.3) is 0 Å². The standard InChI is InChI=1S/C19H16ClF2NO2/c1-23-6-4-19(5-7-23)13-8-11(20)2-3-16(13)25-17-10-15(22)14(21)9-12(17)18(19)24/h2-3,8-10H,4-7H2,1H3. The van der Waals surface area contributed by atoms with Crippen molar-refractivity contribution in [3.8, 4) is 11.5 Å². The van der Waals surface area contributed by atoms with Gasteiger partial charge < -0.3 is 9.64 Å². The fraction of sp³-hybridized carbons (Fsp3) is 0.316. The van der Waals surface area contributed by atoms with Crippen LogP contribution in [0, 0.1) is 11.6 Å². The molecule has 0 aliphatic carbocycles. The molecular formula is C19H16ClF2NO2. The van der Waals surface area contributed by atoms with E-state index < -0.39 is 17.0 Å². The lowest BCUT2D eigenvalue weighted by molar-refractivity contribution is 0.0795. The summed E-state index contributed by atoms with van der Waals surface area (Å²) in [5.74, 6) is -1.82. The third-order valence-electron chi connectivity index (χ3n) is 5.22. The van der Waals surface area contributed by atoms with E-state index in [1.165, 1.54) is 0 Å². The fourth-order valence-electron chi connectivity index (χ4n) is 3.75. The maximum Gasteiger partial charge on any atom is 0.177 e. The Bertz CT molecular complexity index is 876. The van der Waals surface area contributed by atoms with Gasteiger partial charge in [0.05, 0.1) is 11.0 Å². The van der Waals surface area contributed by atoms with E-state index in [0.29, 0.717) is 29.2 Å². The highest BCUT2D eigenvalue weighted by Crippen LogP contribution is 2.48. The number of nitrogens with zero attached hydrogens (tertiary/aromatic N) is 1. The second-order valence-electron chi connectivity index (χ2n) is 6.72. The number of carbonyl (C=O) groups excluding carboxylic acids is 1. The number of rotatable bonds is 0. The van der Waals surface area contributed by atoms with Crippen LogP contribution in [-0.2, 0) is 5.41 Å². The number of benzene rings is 2. The number of halogens is 3. The van der Waals surface area contributed by atoms with Gasteiger partial charge in [0, 0.05) is 16.7 Å². The molecule has 1 spiro atoms. The van der Waals surface area contributed by atoms with Gasteiger partial charge in [-0.2, -0.15) is 0 Å². The summed E-state index contributed by atoms with van der Waals surface area (Å²) >= 11 is 6.17. The molecule has 3 nitrogen and oxygen atoms in total. The number of ether oxygens (including phenoxy) is 1. The Kier molecular flexibility index (Phi) is 3.81. The summed E-state index contributed by atoms with van der Waals surface area (Å²) in [6.45, 7) is 1.44. The Morgan fingerprint density at radius 3 is 2.48 bits per heavy atom. The molecule has 6 heteroatoms. The van der Waals surface area contributed by atoms with E-state index in [4.69, 9.17) is 16.3 Å². The summed E-state index contributed by atoms with van der Waals surface area (Å²) in [6, 6.07) is 6.97. The molecule has 2 aliphatic rings. The molecule has 0 unspecified atom stereocenters. The molecule has 4 rings (SSSR count). The van der Waals surface area contributed by atoms with Crippen LogP contribution in [0.1, 0.15) is 28.8 Å². The number of Topliss-reactive ketones (excluding diaryl/α,β-unsaturated/α-hetero) is 1. The van der Waals surface area contributed by atoms with Crippen molar-refractivity contribution >= 4 is 17.4 Å². The molecule has 0 atom stereocenters. The predicted molar refractivity (Wildman–Crippen MR) is 90.6 cm³/mol. The first kappa shape index (κ1) is 16.5. The quantitative estimate of drug-likeness (QED) is 0.686. The van der Waals surface area contributed by atoms with Crippen molar-refractivity contribution in [2.24, 2.45) is 0 Å². The normalized spacial score (nSPS) is 19.1. The SMILES string of the molecule is CN1CCC2(CC1)C(=O)c1cc(F)c(F)cc1Oc1ccc(Cl)cc12. The largest absolute Gasteiger partial charge is 0.456 e. The number of fused-ring (bicyclic) bond motifs is 3. The van der Waals surface area contributed by atoms with Gasteiger partial charge in [-0.15, -0.1) is 0 Å². The summed E-state index contributed by atoms with van der Waals surface area (Å²) in [5, 5.41) is 0.497. The van der Waals surface area contributed by atoms with Crippen LogP contribution in [-0.4, -0.2) is 30.8 Å². The van der Waals surface area contributed by atoms with E-state index in [0.717, 1.165) is 25.2 Å². The highest BCUT2D eigenvalue weighted by atomic mass is 35.5. The summed E-state index contributed by atoms with van der Waals surface area (Å²) in [6.07, 6.45) is 1.13. The van der Waals surface area contributed by atoms with Crippen LogP contribution in [0.5, 0.6) is 11.5 Å². The maximum atomic E-state index is 13.8. The molecule has 2 aliphatic heterocycles. The molecule has 0 radical (unpaired) electrons. The van der Waals surface area contributed by atoms with Gasteiger partial charge in [-0.1, -0.05) is 11.6 Å². The summed E-state index contributed by atoms with van der Waals surface area (Å²) in [4.78, 5) is 15.6. The molecule has 0 N–H and O–H groups in total. The molecule has 1 saturated heterocycles. The number of hydrogen-bond donors (Lipinski definition) is 0. The van der Waals surface area contributed by atoms with Gasteiger partial charge in [0.15, 0.2) is 17.4 Å². The zero-order valence-electron chi connectivity index (χ0n) is 13.6. The minimum atomic E-state index is -1.05. The summed E-state index contributed by atoms with van der Waals surface area (Å²) < 4.78 is 33.3. The average molecular weight is 364 g/mol. The van der Waals surface area contributed by atoms with Crippen molar-refractivity contribution in [1.29, 1.82) is 0 Å². The smallest absolute Gasteiger partial charge is 0.177 e. The Morgan fingerprint density at radius 1 is 1.08 bits per heavy atom. The van der Waals surface area contributed by atoms with Crippen LogP contribution >= 0.6 is 11.6 Å². The zero-order valence-corrected chi connectivity index (χ0v) is 14.4.